The number of nitrogens with zero attached hydrogens (tertiary/aromatic N) is 4. The van der Waals surface area contributed by atoms with Crippen molar-refractivity contribution in [3.05, 3.63) is 78.1 Å². The fourth-order valence-corrected chi connectivity index (χ4v) is 5.10. The second-order valence-corrected chi connectivity index (χ2v) is 10.6. The number of carbonyl (C=O) groups excluding carboxylic acids is 2. The van der Waals surface area contributed by atoms with Gasteiger partial charge in [0.1, 0.15) is 11.9 Å². The van der Waals surface area contributed by atoms with Crippen molar-refractivity contribution in [3.8, 4) is 0 Å². The summed E-state index contributed by atoms with van der Waals surface area (Å²) in [7, 11) is 0. The van der Waals surface area contributed by atoms with Crippen LogP contribution >= 0.6 is 0 Å². The van der Waals surface area contributed by atoms with Crippen molar-refractivity contribution in [1.29, 1.82) is 0 Å². The first-order valence-corrected chi connectivity index (χ1v) is 13.9. The number of nitrogens with two attached hydrogens (primary N) is 1. The van der Waals surface area contributed by atoms with Crippen LogP contribution in [0, 0.1) is 5.82 Å². The van der Waals surface area contributed by atoms with Gasteiger partial charge in [-0.2, -0.15) is 0 Å². The van der Waals surface area contributed by atoms with E-state index in [1.807, 2.05) is 36.4 Å². The van der Waals surface area contributed by atoms with Crippen LogP contribution in [0.25, 0.3) is 5.65 Å². The van der Waals surface area contributed by atoms with E-state index in [1.165, 1.54) is 23.0 Å². The lowest BCUT2D eigenvalue weighted by Gasteiger charge is -2.30. The van der Waals surface area contributed by atoms with E-state index in [4.69, 9.17) is 5.73 Å². The third-order valence-corrected chi connectivity index (χ3v) is 7.52. The van der Waals surface area contributed by atoms with Crippen molar-refractivity contribution in [1.82, 2.24) is 24.9 Å². The van der Waals surface area contributed by atoms with Crippen molar-refractivity contribution in [2.45, 2.75) is 62.7 Å². The van der Waals surface area contributed by atoms with Gasteiger partial charge < -0.3 is 27.0 Å². The van der Waals surface area contributed by atoms with Crippen LogP contribution in [0.4, 0.5) is 21.6 Å². The lowest BCUT2D eigenvalue weighted by atomic mass is 9.90. The Bertz CT molecular complexity index is 1550. The Morgan fingerprint density at radius 3 is 2.37 bits per heavy atom. The number of pyridine rings is 1. The normalized spacial score (nSPS) is 19.4. The number of anilines is 3. The number of rotatable bonds is 9. The number of benzene rings is 1. The largest absolute Gasteiger partial charge is 0.379 e. The molecule has 6 rings (SSSR count). The fraction of sp³-hybridized carbons (Fsp3) is 0.345. The van der Waals surface area contributed by atoms with Crippen LogP contribution in [-0.2, 0) is 4.79 Å². The van der Waals surface area contributed by atoms with Crippen LogP contribution in [0.3, 0.4) is 0 Å². The molecular formula is C29H32FN9O2. The molecule has 2 aliphatic carbocycles. The molecule has 0 bridgehead atoms. The highest BCUT2D eigenvalue weighted by Gasteiger charge is 2.27. The number of hydrogen-bond acceptors (Lipinski definition) is 8. The Morgan fingerprint density at radius 1 is 0.927 bits per heavy atom. The molecule has 0 aliphatic heterocycles. The monoisotopic (exact) mass is 557 g/mol. The summed E-state index contributed by atoms with van der Waals surface area (Å²) in [5.74, 6) is -0.737. The van der Waals surface area contributed by atoms with E-state index >= 15 is 0 Å². The Kier molecular flexibility index (Phi) is 7.47. The molecule has 2 saturated carbocycles. The lowest BCUT2D eigenvalue weighted by Crippen LogP contribution is -2.44. The summed E-state index contributed by atoms with van der Waals surface area (Å²) >= 11 is 0. The number of halogens is 1. The Hall–Kier alpha value is -4.58. The minimum atomic E-state index is -0.697. The zero-order valence-corrected chi connectivity index (χ0v) is 22.4. The van der Waals surface area contributed by atoms with E-state index in [0.717, 1.165) is 56.0 Å². The molecule has 3 heterocycles. The summed E-state index contributed by atoms with van der Waals surface area (Å²) in [6.07, 6.45) is 9.28. The summed E-state index contributed by atoms with van der Waals surface area (Å²) in [6, 6.07) is 12.5. The Morgan fingerprint density at radius 2 is 1.63 bits per heavy atom. The molecule has 1 aromatic carbocycles. The number of imidazole rings is 1. The van der Waals surface area contributed by atoms with E-state index in [0.29, 0.717) is 17.5 Å². The van der Waals surface area contributed by atoms with Gasteiger partial charge in [0, 0.05) is 30.4 Å². The van der Waals surface area contributed by atoms with Gasteiger partial charge in [-0.25, -0.2) is 13.9 Å². The highest BCUT2D eigenvalue weighted by atomic mass is 19.1. The molecule has 2 aliphatic rings. The second kappa shape index (κ2) is 11.5. The van der Waals surface area contributed by atoms with E-state index < -0.39 is 17.8 Å². The van der Waals surface area contributed by atoms with Gasteiger partial charge in [-0.3, -0.25) is 14.6 Å². The first-order chi connectivity index (χ1) is 19.9. The minimum absolute atomic E-state index is 0.0270. The number of amides is 2. The van der Waals surface area contributed by atoms with Gasteiger partial charge in [0.25, 0.3) is 5.91 Å². The zero-order valence-electron chi connectivity index (χ0n) is 22.4. The minimum Gasteiger partial charge on any atom is -0.379 e. The van der Waals surface area contributed by atoms with Gasteiger partial charge in [-0.1, -0.05) is 30.3 Å². The molecule has 2 amide bonds. The predicted octanol–water partition coefficient (Wildman–Crippen LogP) is 3.63. The molecule has 0 spiro atoms. The molecule has 212 valence electrons. The topological polar surface area (TPSA) is 151 Å². The highest BCUT2D eigenvalue weighted by molar-refractivity contribution is 6.03. The molecular weight excluding hydrogens is 525 g/mol. The predicted molar refractivity (Wildman–Crippen MR) is 153 cm³/mol. The summed E-state index contributed by atoms with van der Waals surface area (Å²) in [4.78, 5) is 33.9. The zero-order chi connectivity index (χ0) is 28.3. The maximum Gasteiger partial charge on any atom is 0.276 e. The van der Waals surface area contributed by atoms with Gasteiger partial charge in [-0.15, -0.1) is 5.10 Å². The third-order valence-electron chi connectivity index (χ3n) is 7.52. The fourth-order valence-electron chi connectivity index (χ4n) is 5.10. The van der Waals surface area contributed by atoms with Gasteiger partial charge in [0.15, 0.2) is 17.2 Å². The number of nitrogens with one attached hydrogen (secondary N) is 4. The SMILES string of the molecule is N[C@H](C(=O)N[C@H]1CC[C@H](Nc2cc(NC3CC3)c3ncc(C(=O)Nc4ccncc4F)n3n2)CC1)c1ccccc1. The maximum atomic E-state index is 14.1. The van der Waals surface area contributed by atoms with Crippen molar-refractivity contribution in [2.75, 3.05) is 16.0 Å². The Balaban J connectivity index is 1.14. The average Bonchev–Trinajstić information content (AvgIpc) is 3.70. The molecule has 2 fully saturated rings. The van der Waals surface area contributed by atoms with Crippen molar-refractivity contribution >= 4 is 34.7 Å². The molecule has 0 unspecified atom stereocenters. The summed E-state index contributed by atoms with van der Waals surface area (Å²) in [5, 5.41) is 17.3. The third kappa shape index (κ3) is 6.12. The number of carbonyl (C=O) groups is 2. The molecule has 4 aromatic rings. The van der Waals surface area contributed by atoms with Gasteiger partial charge in [-0.05, 0) is 50.2 Å². The smallest absolute Gasteiger partial charge is 0.276 e. The molecule has 41 heavy (non-hydrogen) atoms. The first kappa shape index (κ1) is 26.6. The van der Waals surface area contributed by atoms with Gasteiger partial charge >= 0.3 is 0 Å². The molecule has 0 radical (unpaired) electrons. The van der Waals surface area contributed by atoms with Gasteiger partial charge in [0.2, 0.25) is 5.91 Å². The van der Waals surface area contributed by atoms with Crippen molar-refractivity contribution in [2.24, 2.45) is 5.73 Å². The molecule has 0 saturated heterocycles. The molecule has 1 atom stereocenters. The van der Waals surface area contributed by atoms with E-state index in [1.54, 1.807) is 0 Å². The quantitative estimate of drug-likeness (QED) is 0.209. The van der Waals surface area contributed by atoms with Crippen molar-refractivity contribution < 1.29 is 14.0 Å². The maximum absolute atomic E-state index is 14.1. The van der Waals surface area contributed by atoms with Crippen LogP contribution in [0.5, 0.6) is 0 Å². The molecule has 6 N–H and O–H groups in total. The Labute approximate surface area is 236 Å². The summed E-state index contributed by atoms with van der Waals surface area (Å²) in [5.41, 5.74) is 8.45. The van der Waals surface area contributed by atoms with E-state index in [-0.39, 0.29) is 29.4 Å². The summed E-state index contributed by atoms with van der Waals surface area (Å²) in [6.45, 7) is 0. The number of fused-ring (bicyclic) bond motifs is 1. The van der Waals surface area contributed by atoms with Crippen molar-refractivity contribution in [3.63, 3.8) is 0 Å². The number of hydrogen-bond donors (Lipinski definition) is 5. The van der Waals surface area contributed by atoms with Crippen LogP contribution < -0.4 is 27.0 Å². The van der Waals surface area contributed by atoms with E-state index in [2.05, 4.69) is 36.3 Å². The van der Waals surface area contributed by atoms with Crippen LogP contribution in [0.15, 0.2) is 61.1 Å². The standard InChI is InChI=1S/C29H32FN9O2/c30-21-15-32-13-12-22(21)37-28(40)24-16-33-27-23(34-18-6-7-18)14-25(38-39(24)27)35-19-8-10-20(11-9-19)36-29(41)26(31)17-4-2-1-3-5-17/h1-5,12-16,18-20,26,34H,6-11,31H2,(H,35,38)(H,36,41)(H,32,37,40)/t19-,20-,26-/m0/s1. The second-order valence-electron chi connectivity index (χ2n) is 10.6. The molecule has 12 heteroatoms. The van der Waals surface area contributed by atoms with Crippen LogP contribution in [-0.4, -0.2) is 49.5 Å². The average molecular weight is 558 g/mol. The lowest BCUT2D eigenvalue weighted by molar-refractivity contribution is -0.123. The highest BCUT2D eigenvalue weighted by Crippen LogP contribution is 2.30. The number of aromatic nitrogens is 4. The first-order valence-electron chi connectivity index (χ1n) is 13.9. The van der Waals surface area contributed by atoms with E-state index in [9.17, 15) is 14.0 Å². The summed E-state index contributed by atoms with van der Waals surface area (Å²) < 4.78 is 15.6. The molecule has 11 nitrogen and oxygen atoms in total. The van der Waals surface area contributed by atoms with Crippen LogP contribution in [0.1, 0.15) is 60.6 Å². The molecule has 3 aromatic heterocycles. The van der Waals surface area contributed by atoms with Gasteiger partial charge in [0.05, 0.1) is 23.8 Å². The van der Waals surface area contributed by atoms with Crippen LogP contribution in [0.2, 0.25) is 0 Å².